The van der Waals surface area contributed by atoms with Crippen molar-refractivity contribution in [3.63, 3.8) is 0 Å². The van der Waals surface area contributed by atoms with Gasteiger partial charge in [0, 0.05) is 32.9 Å². The van der Waals surface area contributed by atoms with Crippen molar-refractivity contribution in [1.29, 1.82) is 0 Å². The number of aryl methyl sites for hydroxylation is 1. The molecule has 0 unspecified atom stereocenters. The van der Waals surface area contributed by atoms with E-state index in [1.54, 1.807) is 0 Å². The molecular weight excluding hydrogens is 422 g/mol. The number of benzene rings is 3. The average Bonchev–Trinajstić information content (AvgIpc) is 3.34. The van der Waals surface area contributed by atoms with Crippen LogP contribution in [0.15, 0.2) is 85.0 Å². The minimum atomic E-state index is -0.0304. The summed E-state index contributed by atoms with van der Waals surface area (Å²) in [5, 5.41) is 0. The third-order valence-electron chi connectivity index (χ3n) is 8.15. The van der Waals surface area contributed by atoms with E-state index >= 15 is 0 Å². The maximum atomic E-state index is 2.57. The van der Waals surface area contributed by atoms with Crippen molar-refractivity contribution in [3.05, 3.63) is 124 Å². The Morgan fingerprint density at radius 1 is 0.486 bits per heavy atom. The van der Waals surface area contributed by atoms with E-state index in [1.165, 1.54) is 56.0 Å². The first-order chi connectivity index (χ1) is 16.5. The average molecular weight is 458 g/mol. The molecule has 0 atom stereocenters. The fourth-order valence-corrected chi connectivity index (χ4v) is 6.39. The molecule has 0 heterocycles. The van der Waals surface area contributed by atoms with Crippen LogP contribution >= 0.6 is 0 Å². The second-order valence-corrected chi connectivity index (χ2v) is 12.2. The topological polar surface area (TPSA) is 3.24 Å². The summed E-state index contributed by atoms with van der Waals surface area (Å²) >= 11 is 0. The third-order valence-corrected chi connectivity index (χ3v) is 8.15. The molecule has 0 fully saturated rings. The quantitative estimate of drug-likeness (QED) is 0.380. The van der Waals surface area contributed by atoms with Gasteiger partial charge < -0.3 is 4.90 Å². The Labute approximate surface area is 210 Å². The Morgan fingerprint density at radius 3 is 1.37 bits per heavy atom. The van der Waals surface area contributed by atoms with Crippen molar-refractivity contribution < 1.29 is 0 Å². The highest BCUT2D eigenvalue weighted by Gasteiger charge is 2.41. The van der Waals surface area contributed by atoms with Crippen LogP contribution in [-0.2, 0) is 16.2 Å². The van der Waals surface area contributed by atoms with E-state index in [0.29, 0.717) is 0 Å². The first-order valence-electron chi connectivity index (χ1n) is 12.8. The standard InChI is InChI=1S/C34H35N/c1-22-16-17-25-28(18-22)34(6,7)21-31(25)35(29-19-32(2,3)26-14-10-8-12-23(26)29)30-20-33(4,5)27-15-11-9-13-24(27)30/h8-21H,1-7H3. The zero-order valence-corrected chi connectivity index (χ0v) is 22.0. The van der Waals surface area contributed by atoms with Crippen LogP contribution in [-0.4, -0.2) is 4.90 Å². The molecule has 0 spiro atoms. The summed E-state index contributed by atoms with van der Waals surface area (Å²) in [6.07, 6.45) is 7.44. The molecule has 176 valence electrons. The van der Waals surface area contributed by atoms with Gasteiger partial charge in [0.05, 0.1) is 17.1 Å². The molecule has 3 aliphatic rings. The van der Waals surface area contributed by atoms with Gasteiger partial charge in [-0.05, 0) is 41.8 Å². The van der Waals surface area contributed by atoms with Crippen molar-refractivity contribution in [2.75, 3.05) is 0 Å². The summed E-state index contributed by atoms with van der Waals surface area (Å²) in [6, 6.07) is 24.8. The van der Waals surface area contributed by atoms with Crippen LogP contribution in [0.1, 0.15) is 80.5 Å². The van der Waals surface area contributed by atoms with Crippen LogP contribution < -0.4 is 0 Å². The number of hydrogen-bond acceptors (Lipinski definition) is 1. The number of allylic oxidation sites excluding steroid dienone is 3. The van der Waals surface area contributed by atoms with E-state index in [-0.39, 0.29) is 16.2 Å². The lowest BCUT2D eigenvalue weighted by Gasteiger charge is -2.31. The number of nitrogens with zero attached hydrogens (tertiary/aromatic N) is 1. The third kappa shape index (κ3) is 3.21. The Kier molecular flexibility index (Phi) is 4.50. The fourth-order valence-electron chi connectivity index (χ4n) is 6.39. The maximum absolute atomic E-state index is 2.57. The molecule has 1 heteroatoms. The summed E-state index contributed by atoms with van der Waals surface area (Å²) in [6.45, 7) is 16.2. The second-order valence-electron chi connectivity index (χ2n) is 12.2. The van der Waals surface area contributed by atoms with Crippen LogP contribution in [0, 0.1) is 6.92 Å². The molecule has 35 heavy (non-hydrogen) atoms. The van der Waals surface area contributed by atoms with Crippen LogP contribution in [0.25, 0.3) is 17.1 Å². The monoisotopic (exact) mass is 457 g/mol. The van der Waals surface area contributed by atoms with Gasteiger partial charge in [-0.3, -0.25) is 0 Å². The van der Waals surface area contributed by atoms with Gasteiger partial charge in [-0.25, -0.2) is 0 Å². The van der Waals surface area contributed by atoms with E-state index < -0.39 is 0 Å². The summed E-state index contributed by atoms with van der Waals surface area (Å²) in [5.74, 6) is 0. The van der Waals surface area contributed by atoms with Crippen molar-refractivity contribution >= 4 is 17.1 Å². The van der Waals surface area contributed by atoms with Gasteiger partial charge in [0.15, 0.2) is 0 Å². The highest BCUT2D eigenvalue weighted by molar-refractivity contribution is 5.95. The van der Waals surface area contributed by atoms with Gasteiger partial charge in [0.2, 0.25) is 0 Å². The number of hydrogen-bond donors (Lipinski definition) is 0. The number of rotatable bonds is 3. The predicted octanol–water partition coefficient (Wildman–Crippen LogP) is 8.59. The molecule has 0 saturated heterocycles. The van der Waals surface area contributed by atoms with Crippen molar-refractivity contribution in [3.8, 4) is 0 Å². The minimum Gasteiger partial charge on any atom is -0.310 e. The van der Waals surface area contributed by atoms with Gasteiger partial charge in [-0.15, -0.1) is 0 Å². The van der Waals surface area contributed by atoms with Gasteiger partial charge >= 0.3 is 0 Å². The minimum absolute atomic E-state index is 0.0246. The largest absolute Gasteiger partial charge is 0.310 e. The first kappa shape index (κ1) is 22.2. The molecule has 3 aliphatic carbocycles. The molecule has 3 aromatic rings. The Hall–Kier alpha value is -3.32. The van der Waals surface area contributed by atoms with E-state index in [0.717, 1.165) is 0 Å². The molecule has 0 bridgehead atoms. The molecule has 0 N–H and O–H groups in total. The Morgan fingerprint density at radius 2 is 0.886 bits per heavy atom. The second kappa shape index (κ2) is 7.10. The summed E-state index contributed by atoms with van der Waals surface area (Å²) < 4.78 is 0. The highest BCUT2D eigenvalue weighted by atomic mass is 15.2. The van der Waals surface area contributed by atoms with Gasteiger partial charge in [0.1, 0.15) is 0 Å². The van der Waals surface area contributed by atoms with Crippen molar-refractivity contribution in [1.82, 2.24) is 4.90 Å². The van der Waals surface area contributed by atoms with E-state index in [4.69, 9.17) is 0 Å². The van der Waals surface area contributed by atoms with Crippen LogP contribution in [0.2, 0.25) is 0 Å². The Balaban J connectivity index is 1.65. The SMILES string of the molecule is Cc1ccc2c(c1)C(C)(C)C=C2N(C1=CC(C)(C)c2ccccc21)C1=CC(C)(C)c2ccccc21. The molecular formula is C34H35N. The molecule has 1 nitrogen and oxygen atoms in total. The zero-order valence-electron chi connectivity index (χ0n) is 22.0. The van der Waals surface area contributed by atoms with Crippen LogP contribution in [0.5, 0.6) is 0 Å². The summed E-state index contributed by atoms with van der Waals surface area (Å²) in [7, 11) is 0. The molecule has 3 aromatic carbocycles. The van der Waals surface area contributed by atoms with Gasteiger partial charge in [0.25, 0.3) is 0 Å². The maximum Gasteiger partial charge on any atom is 0.0506 e. The lowest BCUT2D eigenvalue weighted by molar-refractivity contribution is 0.673. The molecule has 0 aliphatic heterocycles. The van der Waals surface area contributed by atoms with Gasteiger partial charge in [-0.1, -0.05) is 114 Å². The normalized spacial score (nSPS) is 19.9. The summed E-state index contributed by atoms with van der Waals surface area (Å²) in [5.41, 5.74) is 13.3. The number of fused-ring (bicyclic) bond motifs is 3. The molecule has 0 aromatic heterocycles. The summed E-state index contributed by atoms with van der Waals surface area (Å²) in [4.78, 5) is 2.57. The predicted molar refractivity (Wildman–Crippen MR) is 149 cm³/mol. The molecule has 0 amide bonds. The van der Waals surface area contributed by atoms with E-state index in [9.17, 15) is 0 Å². The van der Waals surface area contributed by atoms with E-state index in [2.05, 4.69) is 138 Å². The zero-order chi connectivity index (χ0) is 24.8. The van der Waals surface area contributed by atoms with Crippen molar-refractivity contribution in [2.24, 2.45) is 0 Å². The highest BCUT2D eigenvalue weighted by Crippen LogP contribution is 2.53. The lowest BCUT2D eigenvalue weighted by atomic mass is 9.86. The van der Waals surface area contributed by atoms with E-state index in [1.807, 2.05) is 0 Å². The molecule has 6 rings (SSSR count). The smallest absolute Gasteiger partial charge is 0.0506 e. The molecule has 0 radical (unpaired) electrons. The van der Waals surface area contributed by atoms with Crippen molar-refractivity contribution in [2.45, 2.75) is 64.7 Å². The van der Waals surface area contributed by atoms with Crippen LogP contribution in [0.4, 0.5) is 0 Å². The van der Waals surface area contributed by atoms with Gasteiger partial charge in [-0.2, -0.15) is 0 Å². The Bertz CT molecular complexity index is 1400. The van der Waals surface area contributed by atoms with Crippen LogP contribution in [0.3, 0.4) is 0 Å². The lowest BCUT2D eigenvalue weighted by Crippen LogP contribution is -2.18. The molecule has 0 saturated carbocycles. The fraction of sp³-hybridized carbons (Fsp3) is 0.294. The first-order valence-corrected chi connectivity index (χ1v) is 12.8.